The van der Waals surface area contributed by atoms with Crippen molar-refractivity contribution in [2.45, 2.75) is 38.3 Å². The second-order valence-electron chi connectivity index (χ2n) is 7.56. The van der Waals surface area contributed by atoms with Gasteiger partial charge in [0, 0.05) is 37.8 Å². The number of fused-ring (bicyclic) bond motifs is 1. The van der Waals surface area contributed by atoms with Crippen LogP contribution in [0.15, 0.2) is 49.2 Å². The monoisotopic (exact) mass is 407 g/mol. The Labute approximate surface area is 175 Å². The molecule has 4 heterocycles. The third-order valence-electron chi connectivity index (χ3n) is 5.59. The highest BCUT2D eigenvalue weighted by molar-refractivity contribution is 5.44. The van der Waals surface area contributed by atoms with Gasteiger partial charge in [0.2, 0.25) is 12.7 Å². The van der Waals surface area contributed by atoms with Gasteiger partial charge in [-0.3, -0.25) is 4.57 Å². The summed E-state index contributed by atoms with van der Waals surface area (Å²) in [6.45, 7) is 2.58. The standard InChI is InChI=1S/C22H25N5O3/c1-2-10-27(21-6-8-24-22(25-21)26-11-9-23-15-26)18(3-1)7-12-28-14-17-4-5-19-20(13-17)30-16-29-19/h4-6,8-9,11,13,15,18H,1-3,7,10,12,14,16H2. The van der Waals surface area contributed by atoms with Gasteiger partial charge < -0.3 is 19.1 Å². The average molecular weight is 407 g/mol. The van der Waals surface area contributed by atoms with Gasteiger partial charge in [0.25, 0.3) is 0 Å². The Morgan fingerprint density at radius 3 is 3.00 bits per heavy atom. The lowest BCUT2D eigenvalue weighted by Gasteiger charge is -2.36. The maximum absolute atomic E-state index is 5.98. The molecule has 1 saturated heterocycles. The first kappa shape index (κ1) is 18.9. The molecule has 0 aliphatic carbocycles. The predicted molar refractivity (Wildman–Crippen MR) is 111 cm³/mol. The van der Waals surface area contributed by atoms with Gasteiger partial charge in [0.05, 0.1) is 6.61 Å². The van der Waals surface area contributed by atoms with E-state index in [1.807, 2.05) is 41.2 Å². The highest BCUT2D eigenvalue weighted by atomic mass is 16.7. The maximum Gasteiger partial charge on any atom is 0.236 e. The number of imidazole rings is 1. The first-order valence-electron chi connectivity index (χ1n) is 10.4. The average Bonchev–Trinajstić information content (AvgIpc) is 3.49. The highest BCUT2D eigenvalue weighted by Gasteiger charge is 2.24. The number of rotatable bonds is 7. The topological polar surface area (TPSA) is 74.5 Å². The van der Waals surface area contributed by atoms with E-state index in [9.17, 15) is 0 Å². The second-order valence-corrected chi connectivity index (χ2v) is 7.56. The van der Waals surface area contributed by atoms with Gasteiger partial charge in [0.1, 0.15) is 12.1 Å². The lowest BCUT2D eigenvalue weighted by molar-refractivity contribution is 0.111. The molecule has 1 unspecified atom stereocenters. The van der Waals surface area contributed by atoms with Crippen LogP contribution in [0.25, 0.3) is 5.95 Å². The lowest BCUT2D eigenvalue weighted by atomic mass is 9.99. The van der Waals surface area contributed by atoms with Crippen molar-refractivity contribution in [2.24, 2.45) is 0 Å². The Balaban J connectivity index is 1.19. The summed E-state index contributed by atoms with van der Waals surface area (Å²) in [6.07, 6.45) is 11.7. The zero-order valence-corrected chi connectivity index (χ0v) is 16.8. The molecule has 0 N–H and O–H groups in total. The quantitative estimate of drug-likeness (QED) is 0.556. The minimum Gasteiger partial charge on any atom is -0.454 e. The SMILES string of the molecule is c1cn(-c2nccc(N3CCCCC3CCOCc3ccc4c(c3)OCO4)n2)cn1. The fourth-order valence-electron chi connectivity index (χ4n) is 4.04. The molecule has 8 nitrogen and oxygen atoms in total. The molecule has 1 fully saturated rings. The number of ether oxygens (including phenoxy) is 3. The summed E-state index contributed by atoms with van der Waals surface area (Å²) in [4.78, 5) is 15.6. The smallest absolute Gasteiger partial charge is 0.236 e. The molecule has 156 valence electrons. The van der Waals surface area contributed by atoms with Crippen LogP contribution in [0, 0.1) is 0 Å². The summed E-state index contributed by atoms with van der Waals surface area (Å²) in [5, 5.41) is 0. The summed E-state index contributed by atoms with van der Waals surface area (Å²) < 4.78 is 18.6. The van der Waals surface area contributed by atoms with E-state index < -0.39 is 0 Å². The Kier molecular flexibility index (Phi) is 5.48. The lowest BCUT2D eigenvalue weighted by Crippen LogP contribution is -2.41. The molecule has 8 heteroatoms. The third kappa shape index (κ3) is 4.09. The van der Waals surface area contributed by atoms with E-state index in [2.05, 4.69) is 14.9 Å². The molecular formula is C22H25N5O3. The molecule has 2 aromatic heterocycles. The fraction of sp³-hybridized carbons (Fsp3) is 0.409. The van der Waals surface area contributed by atoms with E-state index in [4.69, 9.17) is 19.2 Å². The number of nitrogens with zero attached hydrogens (tertiary/aromatic N) is 5. The van der Waals surface area contributed by atoms with Gasteiger partial charge in [-0.05, 0) is 49.4 Å². The number of aromatic nitrogens is 4. The Bertz CT molecular complexity index is 979. The molecule has 0 saturated carbocycles. The molecule has 0 amide bonds. The summed E-state index contributed by atoms with van der Waals surface area (Å²) >= 11 is 0. The molecule has 2 aliphatic heterocycles. The normalized spacial score (nSPS) is 18.0. The highest BCUT2D eigenvalue weighted by Crippen LogP contribution is 2.32. The Hall–Kier alpha value is -3.13. The van der Waals surface area contributed by atoms with E-state index >= 15 is 0 Å². The number of benzene rings is 1. The largest absolute Gasteiger partial charge is 0.454 e. The van der Waals surface area contributed by atoms with Crippen molar-refractivity contribution < 1.29 is 14.2 Å². The summed E-state index contributed by atoms with van der Waals surface area (Å²) in [5.74, 6) is 3.21. The number of hydrogen-bond acceptors (Lipinski definition) is 7. The van der Waals surface area contributed by atoms with Crippen molar-refractivity contribution in [3.8, 4) is 17.4 Å². The molecule has 30 heavy (non-hydrogen) atoms. The molecular weight excluding hydrogens is 382 g/mol. The van der Waals surface area contributed by atoms with Gasteiger partial charge in [-0.1, -0.05) is 6.07 Å². The van der Waals surface area contributed by atoms with Crippen molar-refractivity contribution in [3.63, 3.8) is 0 Å². The molecule has 3 aromatic rings. The van der Waals surface area contributed by atoms with Crippen LogP contribution in [-0.4, -0.2) is 45.5 Å². The van der Waals surface area contributed by atoms with Crippen molar-refractivity contribution in [2.75, 3.05) is 24.8 Å². The first-order valence-corrected chi connectivity index (χ1v) is 10.4. The summed E-state index contributed by atoms with van der Waals surface area (Å²) in [7, 11) is 0. The minimum absolute atomic E-state index is 0.294. The van der Waals surface area contributed by atoms with E-state index in [-0.39, 0.29) is 0 Å². The van der Waals surface area contributed by atoms with Crippen molar-refractivity contribution in [1.82, 2.24) is 19.5 Å². The van der Waals surface area contributed by atoms with Crippen LogP contribution >= 0.6 is 0 Å². The predicted octanol–water partition coefficient (Wildman–Crippen LogP) is 3.36. The van der Waals surface area contributed by atoms with Crippen LogP contribution < -0.4 is 14.4 Å². The summed E-state index contributed by atoms with van der Waals surface area (Å²) in [5.41, 5.74) is 1.10. The number of hydrogen-bond donors (Lipinski definition) is 0. The molecule has 1 atom stereocenters. The minimum atomic E-state index is 0.294. The molecule has 1 aromatic carbocycles. The van der Waals surface area contributed by atoms with Gasteiger partial charge in [-0.2, -0.15) is 4.98 Å². The first-order chi connectivity index (χ1) is 14.9. The van der Waals surface area contributed by atoms with Gasteiger partial charge in [-0.15, -0.1) is 0 Å². The van der Waals surface area contributed by atoms with Crippen LogP contribution in [0.2, 0.25) is 0 Å². The zero-order valence-electron chi connectivity index (χ0n) is 16.8. The van der Waals surface area contributed by atoms with Crippen molar-refractivity contribution in [3.05, 3.63) is 54.7 Å². The van der Waals surface area contributed by atoms with Crippen molar-refractivity contribution >= 4 is 5.82 Å². The zero-order chi connectivity index (χ0) is 20.2. The van der Waals surface area contributed by atoms with Crippen LogP contribution in [0.3, 0.4) is 0 Å². The van der Waals surface area contributed by atoms with Crippen molar-refractivity contribution in [1.29, 1.82) is 0 Å². The summed E-state index contributed by atoms with van der Waals surface area (Å²) in [6, 6.07) is 8.37. The maximum atomic E-state index is 5.98. The molecule has 5 rings (SSSR count). The van der Waals surface area contributed by atoms with Crippen LogP contribution in [-0.2, 0) is 11.3 Å². The number of anilines is 1. The van der Waals surface area contributed by atoms with E-state index in [1.54, 1.807) is 12.5 Å². The Morgan fingerprint density at radius 1 is 1.10 bits per heavy atom. The molecule has 0 spiro atoms. The molecule has 0 radical (unpaired) electrons. The van der Waals surface area contributed by atoms with Crippen LogP contribution in [0.1, 0.15) is 31.2 Å². The van der Waals surface area contributed by atoms with Crippen LogP contribution in [0.4, 0.5) is 5.82 Å². The van der Waals surface area contributed by atoms with Gasteiger partial charge in [0.15, 0.2) is 11.5 Å². The Morgan fingerprint density at radius 2 is 2.07 bits per heavy atom. The van der Waals surface area contributed by atoms with E-state index in [1.165, 1.54) is 12.8 Å². The molecule has 0 bridgehead atoms. The van der Waals surface area contributed by atoms with Crippen LogP contribution in [0.5, 0.6) is 11.5 Å². The second kappa shape index (κ2) is 8.71. The number of piperidine rings is 1. The third-order valence-corrected chi connectivity index (χ3v) is 5.59. The van der Waals surface area contributed by atoms with E-state index in [0.29, 0.717) is 32.0 Å². The van der Waals surface area contributed by atoms with Gasteiger partial charge >= 0.3 is 0 Å². The molecule has 2 aliphatic rings. The fourth-order valence-corrected chi connectivity index (χ4v) is 4.04. The van der Waals surface area contributed by atoms with Gasteiger partial charge in [-0.25, -0.2) is 9.97 Å². The van der Waals surface area contributed by atoms with E-state index in [0.717, 1.165) is 42.3 Å².